The van der Waals surface area contributed by atoms with E-state index in [9.17, 15) is 9.50 Å². The van der Waals surface area contributed by atoms with Crippen LogP contribution in [0.15, 0.2) is 36.7 Å². The summed E-state index contributed by atoms with van der Waals surface area (Å²) in [6, 6.07) is 6.21. The molecule has 0 fully saturated rings. The molecule has 1 heterocycles. The van der Waals surface area contributed by atoms with E-state index in [4.69, 9.17) is 11.6 Å². The number of aliphatic hydroxyl groups excluding tert-OH is 1. The first-order valence-corrected chi connectivity index (χ1v) is 5.88. The van der Waals surface area contributed by atoms with E-state index in [0.717, 1.165) is 0 Å². The van der Waals surface area contributed by atoms with Crippen molar-refractivity contribution in [1.82, 2.24) is 9.78 Å². The Kier molecular flexibility index (Phi) is 4.17. The monoisotopic (exact) mass is 269 g/mol. The summed E-state index contributed by atoms with van der Waals surface area (Å²) in [5.74, 6) is -0.436. The van der Waals surface area contributed by atoms with E-state index in [1.165, 1.54) is 12.1 Å². The molecular formula is C12H13ClFN3O. The number of nitrogens with zero attached hydrogens (tertiary/aromatic N) is 2. The molecule has 2 aromatic rings. The summed E-state index contributed by atoms with van der Waals surface area (Å²) < 4.78 is 15.0. The number of halogens is 2. The third kappa shape index (κ3) is 3.21. The van der Waals surface area contributed by atoms with Crippen LogP contribution < -0.4 is 5.32 Å². The molecule has 0 radical (unpaired) electrons. The molecule has 0 saturated carbocycles. The second-order valence-electron chi connectivity index (χ2n) is 3.86. The molecule has 2 N–H and O–H groups in total. The molecule has 0 aliphatic carbocycles. The largest absolute Gasteiger partial charge is 0.389 e. The van der Waals surface area contributed by atoms with Gasteiger partial charge in [0, 0.05) is 18.9 Å². The Balaban J connectivity index is 1.91. The summed E-state index contributed by atoms with van der Waals surface area (Å²) in [5, 5.41) is 16.8. The standard InChI is InChI=1S/C12H13ClFN3O/c13-10-3-1-4-11(14)12(10)15-7-9(18)8-17-6-2-5-16-17/h1-6,9,15,18H,7-8H2. The molecule has 4 nitrogen and oxygen atoms in total. The zero-order valence-electron chi connectivity index (χ0n) is 9.55. The Labute approximate surface area is 109 Å². The van der Waals surface area contributed by atoms with E-state index in [1.54, 1.807) is 29.2 Å². The van der Waals surface area contributed by atoms with Crippen molar-refractivity contribution >= 4 is 17.3 Å². The molecule has 2 rings (SSSR count). The van der Waals surface area contributed by atoms with E-state index < -0.39 is 11.9 Å². The number of para-hydroxylation sites is 1. The fraction of sp³-hybridized carbons (Fsp3) is 0.250. The topological polar surface area (TPSA) is 50.1 Å². The fourth-order valence-electron chi connectivity index (χ4n) is 1.58. The van der Waals surface area contributed by atoms with E-state index in [1.807, 2.05) is 0 Å². The lowest BCUT2D eigenvalue weighted by molar-refractivity contribution is 0.161. The zero-order chi connectivity index (χ0) is 13.0. The minimum absolute atomic E-state index is 0.195. The Bertz CT molecular complexity index is 484. The zero-order valence-corrected chi connectivity index (χ0v) is 10.3. The molecule has 0 spiro atoms. The first-order valence-electron chi connectivity index (χ1n) is 5.50. The third-order valence-corrected chi connectivity index (χ3v) is 2.75. The van der Waals surface area contributed by atoms with Gasteiger partial charge < -0.3 is 10.4 Å². The fourth-order valence-corrected chi connectivity index (χ4v) is 1.81. The number of nitrogens with one attached hydrogen (secondary N) is 1. The molecule has 6 heteroatoms. The van der Waals surface area contributed by atoms with Gasteiger partial charge >= 0.3 is 0 Å². The lowest BCUT2D eigenvalue weighted by Crippen LogP contribution is -2.25. The van der Waals surface area contributed by atoms with Gasteiger partial charge in [-0.3, -0.25) is 4.68 Å². The minimum atomic E-state index is -0.680. The van der Waals surface area contributed by atoms with Crippen LogP contribution in [0.5, 0.6) is 0 Å². The maximum Gasteiger partial charge on any atom is 0.147 e. The maximum absolute atomic E-state index is 13.4. The number of hydrogen-bond donors (Lipinski definition) is 2. The van der Waals surface area contributed by atoms with Gasteiger partial charge in [-0.1, -0.05) is 17.7 Å². The Morgan fingerprint density at radius 1 is 1.44 bits per heavy atom. The van der Waals surface area contributed by atoms with Crippen LogP contribution in [0, 0.1) is 5.82 Å². The number of anilines is 1. The van der Waals surface area contributed by atoms with Gasteiger partial charge in [0.1, 0.15) is 5.82 Å². The predicted molar refractivity (Wildman–Crippen MR) is 68.1 cm³/mol. The number of hydrogen-bond acceptors (Lipinski definition) is 3. The van der Waals surface area contributed by atoms with Crippen molar-refractivity contribution in [3.63, 3.8) is 0 Å². The molecule has 0 bridgehead atoms. The van der Waals surface area contributed by atoms with Crippen LogP contribution in [0.3, 0.4) is 0 Å². The van der Waals surface area contributed by atoms with Gasteiger partial charge in [-0.25, -0.2) is 4.39 Å². The van der Waals surface area contributed by atoms with Crippen molar-refractivity contribution in [2.45, 2.75) is 12.6 Å². The van der Waals surface area contributed by atoms with E-state index in [0.29, 0.717) is 11.6 Å². The molecule has 1 unspecified atom stereocenters. The lowest BCUT2D eigenvalue weighted by atomic mass is 10.3. The molecule has 0 amide bonds. The van der Waals surface area contributed by atoms with Crippen LogP contribution >= 0.6 is 11.6 Å². The first kappa shape index (κ1) is 12.9. The average Bonchev–Trinajstić information content (AvgIpc) is 2.81. The van der Waals surface area contributed by atoms with Crippen molar-refractivity contribution in [1.29, 1.82) is 0 Å². The summed E-state index contributed by atoms with van der Waals surface area (Å²) in [6.07, 6.45) is 2.70. The van der Waals surface area contributed by atoms with E-state index in [2.05, 4.69) is 10.4 Å². The first-order chi connectivity index (χ1) is 8.66. The minimum Gasteiger partial charge on any atom is -0.389 e. The van der Waals surface area contributed by atoms with Crippen LogP contribution in [0.25, 0.3) is 0 Å². The van der Waals surface area contributed by atoms with Gasteiger partial charge in [-0.15, -0.1) is 0 Å². The highest BCUT2D eigenvalue weighted by Gasteiger charge is 2.09. The van der Waals surface area contributed by atoms with E-state index in [-0.39, 0.29) is 12.2 Å². The van der Waals surface area contributed by atoms with Gasteiger partial charge in [-0.2, -0.15) is 5.10 Å². The number of rotatable bonds is 5. The lowest BCUT2D eigenvalue weighted by Gasteiger charge is -2.14. The van der Waals surface area contributed by atoms with Crippen molar-refractivity contribution in [2.24, 2.45) is 0 Å². The van der Waals surface area contributed by atoms with Gasteiger partial charge in [0.25, 0.3) is 0 Å². The number of aromatic nitrogens is 2. The summed E-state index contributed by atoms with van der Waals surface area (Å²) in [4.78, 5) is 0. The SMILES string of the molecule is OC(CNc1c(F)cccc1Cl)Cn1cccn1. The highest BCUT2D eigenvalue weighted by Crippen LogP contribution is 2.24. The van der Waals surface area contributed by atoms with Crippen molar-refractivity contribution in [2.75, 3.05) is 11.9 Å². The van der Waals surface area contributed by atoms with Crippen molar-refractivity contribution in [3.05, 3.63) is 47.5 Å². The Morgan fingerprint density at radius 2 is 2.28 bits per heavy atom. The second kappa shape index (κ2) is 5.84. The molecule has 18 heavy (non-hydrogen) atoms. The molecule has 96 valence electrons. The summed E-state index contributed by atoms with van der Waals surface area (Å²) >= 11 is 5.85. The van der Waals surface area contributed by atoms with E-state index >= 15 is 0 Å². The van der Waals surface area contributed by atoms with Gasteiger partial charge in [0.2, 0.25) is 0 Å². The average molecular weight is 270 g/mol. The molecule has 1 aromatic carbocycles. The van der Waals surface area contributed by atoms with Gasteiger partial charge in [0.15, 0.2) is 0 Å². The van der Waals surface area contributed by atoms with Crippen LogP contribution in [0.2, 0.25) is 5.02 Å². The second-order valence-corrected chi connectivity index (χ2v) is 4.27. The Hall–Kier alpha value is -1.59. The van der Waals surface area contributed by atoms with Crippen LogP contribution in [0.1, 0.15) is 0 Å². The molecule has 0 aliphatic heterocycles. The summed E-state index contributed by atoms with van der Waals surface area (Å²) in [6.45, 7) is 0.534. The predicted octanol–water partition coefficient (Wildman–Crippen LogP) is 2.15. The quantitative estimate of drug-likeness (QED) is 0.874. The highest BCUT2D eigenvalue weighted by atomic mass is 35.5. The molecule has 1 atom stereocenters. The van der Waals surface area contributed by atoms with Crippen LogP contribution in [-0.4, -0.2) is 27.5 Å². The van der Waals surface area contributed by atoms with Crippen LogP contribution in [-0.2, 0) is 6.54 Å². The van der Waals surface area contributed by atoms with Gasteiger partial charge in [0.05, 0.1) is 23.4 Å². The summed E-state index contributed by atoms with van der Waals surface area (Å²) in [7, 11) is 0. The molecule has 0 saturated heterocycles. The molecule has 1 aromatic heterocycles. The summed E-state index contributed by atoms with van der Waals surface area (Å²) in [5.41, 5.74) is 0.207. The Morgan fingerprint density at radius 3 is 2.94 bits per heavy atom. The van der Waals surface area contributed by atoms with Gasteiger partial charge in [-0.05, 0) is 18.2 Å². The normalized spacial score (nSPS) is 12.4. The van der Waals surface area contributed by atoms with Crippen molar-refractivity contribution < 1.29 is 9.50 Å². The highest BCUT2D eigenvalue weighted by molar-refractivity contribution is 6.33. The van der Waals surface area contributed by atoms with Crippen molar-refractivity contribution in [3.8, 4) is 0 Å². The third-order valence-electron chi connectivity index (χ3n) is 2.43. The smallest absolute Gasteiger partial charge is 0.147 e. The van der Waals surface area contributed by atoms with Crippen LogP contribution in [0.4, 0.5) is 10.1 Å². The number of benzene rings is 1. The molecule has 0 aliphatic rings. The molecular weight excluding hydrogens is 257 g/mol. The maximum atomic E-state index is 13.4. The number of aliphatic hydroxyl groups is 1.